The molecule has 0 unspecified atom stereocenters. The summed E-state index contributed by atoms with van der Waals surface area (Å²) in [5, 5.41) is 0. The first-order valence-corrected chi connectivity index (χ1v) is 6.89. The molecule has 0 N–H and O–H groups in total. The molecule has 0 saturated heterocycles. The van der Waals surface area contributed by atoms with E-state index in [4.69, 9.17) is 0 Å². The Balaban J connectivity index is -0.000000211. The SMILES string of the molecule is C=C/C=C\C=C/C.C=CC1=CCC=C1.C=CC=C.CC. The van der Waals surface area contributed by atoms with Crippen molar-refractivity contribution in [3.8, 4) is 0 Å². The molecule has 20 heavy (non-hydrogen) atoms. The lowest BCUT2D eigenvalue weighted by molar-refractivity contribution is 1.44. The molecule has 0 amide bonds. The third-order valence-corrected chi connectivity index (χ3v) is 1.75. The molecule has 0 heterocycles. The van der Waals surface area contributed by atoms with Crippen LogP contribution < -0.4 is 0 Å². The van der Waals surface area contributed by atoms with E-state index in [0.29, 0.717) is 0 Å². The van der Waals surface area contributed by atoms with Gasteiger partial charge in [0, 0.05) is 0 Å². The van der Waals surface area contributed by atoms with Crippen LogP contribution in [0, 0.1) is 0 Å². The summed E-state index contributed by atoms with van der Waals surface area (Å²) in [6, 6.07) is 0. The van der Waals surface area contributed by atoms with Crippen LogP contribution in [0.5, 0.6) is 0 Å². The number of hydrogen-bond acceptors (Lipinski definition) is 0. The Kier molecular flexibility index (Phi) is 29.6. The second kappa shape index (κ2) is 25.7. The van der Waals surface area contributed by atoms with Crippen LogP contribution in [0.25, 0.3) is 0 Å². The van der Waals surface area contributed by atoms with Crippen molar-refractivity contribution in [1.29, 1.82) is 0 Å². The van der Waals surface area contributed by atoms with Crippen molar-refractivity contribution in [1.82, 2.24) is 0 Å². The van der Waals surface area contributed by atoms with Crippen molar-refractivity contribution in [2.24, 2.45) is 0 Å². The molecule has 0 fully saturated rings. The average Bonchev–Trinajstić information content (AvgIpc) is 3.04. The summed E-state index contributed by atoms with van der Waals surface area (Å²) < 4.78 is 0. The fourth-order valence-electron chi connectivity index (χ4n) is 0.881. The third kappa shape index (κ3) is 24.9. The standard InChI is InChI=1S/C7H8.C7H10.C4H6.C2H6/c1-2-7-5-3-4-6-7;1-3-5-7-6-4-2;1-3-4-2;1-2/h2-3,5-6H,1,4H2;3-7H,1H2,2H3;3-4H,1-2H2;1-2H3/b;6-4-,7-5-;;. The molecular weight excluding hydrogens is 240 g/mol. The zero-order valence-electron chi connectivity index (χ0n) is 13.4. The van der Waals surface area contributed by atoms with Crippen LogP contribution >= 0.6 is 0 Å². The van der Waals surface area contributed by atoms with Crippen LogP contribution in [0.15, 0.2) is 98.7 Å². The summed E-state index contributed by atoms with van der Waals surface area (Å²) in [6.45, 7) is 19.8. The van der Waals surface area contributed by atoms with E-state index < -0.39 is 0 Å². The van der Waals surface area contributed by atoms with E-state index in [1.807, 2.05) is 51.2 Å². The minimum atomic E-state index is 1.08. The van der Waals surface area contributed by atoms with Crippen LogP contribution in [-0.2, 0) is 0 Å². The van der Waals surface area contributed by atoms with E-state index in [0.717, 1.165) is 6.42 Å². The molecule has 0 radical (unpaired) electrons. The second-order valence-electron chi connectivity index (χ2n) is 3.16. The Morgan fingerprint density at radius 2 is 1.50 bits per heavy atom. The normalized spacial score (nSPS) is 11.1. The molecule has 1 aliphatic carbocycles. The van der Waals surface area contributed by atoms with Gasteiger partial charge in [0.15, 0.2) is 0 Å². The van der Waals surface area contributed by atoms with Crippen molar-refractivity contribution < 1.29 is 0 Å². The van der Waals surface area contributed by atoms with E-state index in [1.165, 1.54) is 5.57 Å². The minimum absolute atomic E-state index is 1.08. The summed E-state index contributed by atoms with van der Waals surface area (Å²) in [5.41, 5.74) is 1.25. The van der Waals surface area contributed by atoms with Gasteiger partial charge in [-0.2, -0.15) is 0 Å². The van der Waals surface area contributed by atoms with Crippen molar-refractivity contribution in [3.05, 3.63) is 98.7 Å². The van der Waals surface area contributed by atoms with Gasteiger partial charge in [0.25, 0.3) is 0 Å². The molecule has 0 spiro atoms. The lowest BCUT2D eigenvalue weighted by Gasteiger charge is -1.77. The number of allylic oxidation sites excluding steroid dienone is 12. The maximum Gasteiger partial charge on any atom is -0.0157 e. The molecule has 0 bridgehead atoms. The smallest absolute Gasteiger partial charge is 0.0157 e. The van der Waals surface area contributed by atoms with Crippen LogP contribution in [-0.4, -0.2) is 0 Å². The molecule has 0 nitrogen and oxygen atoms in total. The van der Waals surface area contributed by atoms with E-state index >= 15 is 0 Å². The number of hydrogen-bond donors (Lipinski definition) is 0. The zero-order valence-corrected chi connectivity index (χ0v) is 13.4. The van der Waals surface area contributed by atoms with Gasteiger partial charge in [0.05, 0.1) is 0 Å². The highest BCUT2D eigenvalue weighted by atomic mass is 13.9. The molecule has 0 saturated carbocycles. The predicted molar refractivity (Wildman–Crippen MR) is 97.9 cm³/mol. The van der Waals surface area contributed by atoms with E-state index in [9.17, 15) is 0 Å². The summed E-state index contributed by atoms with van der Waals surface area (Å²) in [7, 11) is 0. The van der Waals surface area contributed by atoms with Gasteiger partial charge in [-0.05, 0) is 18.9 Å². The first-order valence-electron chi connectivity index (χ1n) is 6.89. The van der Waals surface area contributed by atoms with Gasteiger partial charge in [-0.3, -0.25) is 0 Å². The molecule has 0 aromatic heterocycles. The molecule has 1 rings (SSSR count). The van der Waals surface area contributed by atoms with Crippen LogP contribution in [0.3, 0.4) is 0 Å². The fraction of sp³-hybridized carbons (Fsp3) is 0.200. The van der Waals surface area contributed by atoms with Gasteiger partial charge in [-0.15, -0.1) is 0 Å². The van der Waals surface area contributed by atoms with E-state index in [1.54, 1.807) is 18.2 Å². The molecule has 1 aliphatic rings. The molecule has 0 heteroatoms. The topological polar surface area (TPSA) is 0 Å². The Morgan fingerprint density at radius 1 is 0.900 bits per heavy atom. The third-order valence-electron chi connectivity index (χ3n) is 1.75. The van der Waals surface area contributed by atoms with Crippen molar-refractivity contribution in [3.63, 3.8) is 0 Å². The minimum Gasteiger partial charge on any atom is -0.0991 e. The molecule has 0 aromatic rings. The molecule has 0 atom stereocenters. The Bertz CT molecular complexity index is 340. The molecular formula is C20H30. The monoisotopic (exact) mass is 270 g/mol. The van der Waals surface area contributed by atoms with Gasteiger partial charge in [-0.1, -0.05) is 107 Å². The largest absolute Gasteiger partial charge is 0.0991 e. The zero-order chi connectivity index (χ0) is 16.1. The van der Waals surface area contributed by atoms with Crippen molar-refractivity contribution in [2.45, 2.75) is 27.2 Å². The van der Waals surface area contributed by atoms with Crippen LogP contribution in [0.4, 0.5) is 0 Å². The Hall–Kier alpha value is -2.08. The Labute approximate surface area is 126 Å². The highest BCUT2D eigenvalue weighted by molar-refractivity contribution is 5.34. The summed E-state index contributed by atoms with van der Waals surface area (Å²) in [6.07, 6.45) is 22.1. The molecule has 0 aromatic carbocycles. The molecule has 110 valence electrons. The van der Waals surface area contributed by atoms with Crippen molar-refractivity contribution >= 4 is 0 Å². The first-order chi connectivity index (χ1) is 9.76. The summed E-state index contributed by atoms with van der Waals surface area (Å²) >= 11 is 0. The average molecular weight is 270 g/mol. The fourth-order valence-corrected chi connectivity index (χ4v) is 0.881. The van der Waals surface area contributed by atoms with E-state index in [2.05, 4.69) is 44.5 Å². The van der Waals surface area contributed by atoms with E-state index in [-0.39, 0.29) is 0 Å². The maximum absolute atomic E-state index is 3.62. The van der Waals surface area contributed by atoms with Gasteiger partial charge in [0.2, 0.25) is 0 Å². The van der Waals surface area contributed by atoms with Crippen molar-refractivity contribution in [2.75, 3.05) is 0 Å². The first kappa shape index (κ1) is 23.0. The van der Waals surface area contributed by atoms with Gasteiger partial charge in [0.1, 0.15) is 0 Å². The van der Waals surface area contributed by atoms with Gasteiger partial charge < -0.3 is 0 Å². The van der Waals surface area contributed by atoms with Crippen LogP contribution in [0.2, 0.25) is 0 Å². The van der Waals surface area contributed by atoms with Gasteiger partial charge >= 0.3 is 0 Å². The number of rotatable bonds is 4. The summed E-state index contributed by atoms with van der Waals surface area (Å²) in [4.78, 5) is 0. The lowest BCUT2D eigenvalue weighted by Crippen LogP contribution is -1.57. The Morgan fingerprint density at radius 3 is 1.75 bits per heavy atom. The quantitative estimate of drug-likeness (QED) is 0.496. The summed E-state index contributed by atoms with van der Waals surface area (Å²) in [5.74, 6) is 0. The predicted octanol–water partition coefficient (Wildman–Crippen LogP) is 6.75. The second-order valence-corrected chi connectivity index (χ2v) is 3.16. The highest BCUT2D eigenvalue weighted by Gasteiger charge is 1.87. The molecule has 0 aliphatic heterocycles. The highest BCUT2D eigenvalue weighted by Crippen LogP contribution is 2.07. The maximum atomic E-state index is 3.62. The lowest BCUT2D eigenvalue weighted by atomic mass is 10.3. The van der Waals surface area contributed by atoms with Crippen LogP contribution in [0.1, 0.15) is 27.2 Å². The van der Waals surface area contributed by atoms with Gasteiger partial charge in [-0.25, -0.2) is 0 Å².